The van der Waals surface area contributed by atoms with Gasteiger partial charge in [0.25, 0.3) is 17.2 Å². The highest BCUT2D eigenvalue weighted by Crippen LogP contribution is 2.24. The number of nitrogens with two attached hydrogens (primary N) is 1. The van der Waals surface area contributed by atoms with Gasteiger partial charge in [0.1, 0.15) is 17.6 Å². The molecule has 0 aliphatic carbocycles. The summed E-state index contributed by atoms with van der Waals surface area (Å²) >= 11 is 4.67. The number of amides is 2. The molecule has 7 nitrogen and oxygen atoms in total. The summed E-state index contributed by atoms with van der Waals surface area (Å²) in [6, 6.07) is 18.2. The van der Waals surface area contributed by atoms with Gasteiger partial charge in [0.05, 0.1) is 12.7 Å². The minimum Gasteiger partial charge on any atom is -0.497 e. The Morgan fingerprint density at radius 3 is 2.32 bits per heavy atom. The number of carbonyl (C=O) groups excluding carboxylic acids is 2. The number of rotatable bonds is 5. The molecule has 0 atom stereocenters. The number of methoxy groups -OCH3 is 1. The second-order valence-electron chi connectivity index (χ2n) is 7.04. The molecule has 4 rings (SSSR count). The Bertz CT molecular complexity index is 1300. The number of nitrogens with one attached hydrogen (secondary N) is 1. The Labute approximate surface area is 184 Å². The maximum atomic E-state index is 13.2. The predicted octanol–water partition coefficient (Wildman–Crippen LogP) is 3.17. The van der Waals surface area contributed by atoms with E-state index in [1.54, 1.807) is 29.8 Å². The van der Waals surface area contributed by atoms with Crippen LogP contribution in [0.3, 0.4) is 0 Å². The van der Waals surface area contributed by atoms with Gasteiger partial charge >= 0.3 is 5.91 Å². The van der Waals surface area contributed by atoms with Crippen molar-refractivity contribution in [3.05, 3.63) is 83.7 Å². The number of hydrogen-bond acceptors (Lipinski definition) is 4. The Balaban J connectivity index is 1.88. The second-order valence-corrected chi connectivity index (χ2v) is 7.46. The highest BCUT2D eigenvalue weighted by atomic mass is 32.1. The number of hydrogen-bond donors (Lipinski definition) is 3. The maximum absolute atomic E-state index is 13.2. The number of fused-ring (bicyclic) bond motifs is 1. The fraction of sp³-hybridized carbons (Fsp3) is 0.0870. The van der Waals surface area contributed by atoms with E-state index in [9.17, 15) is 9.59 Å². The van der Waals surface area contributed by atoms with Crippen LogP contribution < -0.4 is 20.2 Å². The van der Waals surface area contributed by atoms with Crippen molar-refractivity contribution in [2.24, 2.45) is 5.73 Å². The van der Waals surface area contributed by atoms with Crippen molar-refractivity contribution < 1.29 is 18.7 Å². The minimum atomic E-state index is -0.586. The van der Waals surface area contributed by atoms with Gasteiger partial charge in [0, 0.05) is 11.8 Å². The summed E-state index contributed by atoms with van der Waals surface area (Å²) in [5, 5.41) is 3.31. The summed E-state index contributed by atoms with van der Waals surface area (Å²) in [5.74, 6) is -0.239. The summed E-state index contributed by atoms with van der Waals surface area (Å²) in [7, 11) is 1.60. The van der Waals surface area contributed by atoms with Gasteiger partial charge in [-0.25, -0.2) is 0 Å². The molecule has 0 bridgehead atoms. The van der Waals surface area contributed by atoms with Crippen molar-refractivity contribution in [1.29, 1.82) is 0 Å². The average Bonchev–Trinajstić information content (AvgIpc) is 3.06. The lowest BCUT2D eigenvalue weighted by molar-refractivity contribution is -0.514. The van der Waals surface area contributed by atoms with Crippen LogP contribution in [0.15, 0.2) is 71.9 Å². The number of anilines is 1. The predicted molar refractivity (Wildman–Crippen MR) is 120 cm³/mol. The molecule has 0 spiro atoms. The molecular weight excluding hydrogens is 412 g/mol. The van der Waals surface area contributed by atoms with E-state index in [2.05, 4.69) is 17.9 Å². The number of thiol groups is 1. The SMILES string of the molecule is COc1ccc(-n2c(S)c(C(=O)Nc3ccc(C)cc3)[n+]3cc(C(N)=O)ccc23)cc1. The zero-order chi connectivity index (χ0) is 22.1. The number of nitrogens with zero attached hydrogens (tertiary/aromatic N) is 2. The first-order chi connectivity index (χ1) is 14.9. The molecule has 3 N–H and O–H groups in total. The van der Waals surface area contributed by atoms with Crippen molar-refractivity contribution in [3.8, 4) is 11.4 Å². The Kier molecular flexibility index (Phi) is 5.39. The normalized spacial score (nSPS) is 10.8. The van der Waals surface area contributed by atoms with Gasteiger partial charge in [-0.1, -0.05) is 30.3 Å². The highest BCUT2D eigenvalue weighted by molar-refractivity contribution is 7.80. The second kappa shape index (κ2) is 8.16. The number of benzene rings is 2. The molecule has 31 heavy (non-hydrogen) atoms. The van der Waals surface area contributed by atoms with Gasteiger partial charge in [0.2, 0.25) is 5.03 Å². The number of imidazole rings is 1. The lowest BCUT2D eigenvalue weighted by Gasteiger charge is -2.04. The quantitative estimate of drug-likeness (QED) is 0.334. The molecule has 2 aromatic carbocycles. The van der Waals surface area contributed by atoms with E-state index >= 15 is 0 Å². The van der Waals surface area contributed by atoms with Crippen molar-refractivity contribution >= 4 is 35.8 Å². The topological polar surface area (TPSA) is 90.4 Å². The van der Waals surface area contributed by atoms with E-state index in [0.29, 0.717) is 22.1 Å². The molecule has 4 aromatic rings. The number of pyridine rings is 1. The molecule has 0 radical (unpaired) electrons. The Morgan fingerprint density at radius 1 is 1.03 bits per heavy atom. The number of ether oxygens (including phenoxy) is 1. The van der Waals surface area contributed by atoms with E-state index in [-0.39, 0.29) is 17.2 Å². The first-order valence-electron chi connectivity index (χ1n) is 9.50. The van der Waals surface area contributed by atoms with Crippen molar-refractivity contribution in [3.63, 3.8) is 0 Å². The molecule has 0 saturated heterocycles. The summed E-state index contributed by atoms with van der Waals surface area (Å²) in [6.07, 6.45) is 1.54. The lowest BCUT2D eigenvalue weighted by Crippen LogP contribution is -2.32. The monoisotopic (exact) mass is 433 g/mol. The smallest absolute Gasteiger partial charge is 0.301 e. The van der Waals surface area contributed by atoms with Crippen LogP contribution in [0.4, 0.5) is 5.69 Å². The standard InChI is InChI=1S/C23H20N4O3S/c1-14-3-6-16(7-4-14)25-22(29)20-23(31)27(17-8-10-18(30-2)11-9-17)19-12-5-15(21(24)28)13-26(19)20/h3-13H,1-2H3,(H3-,24,25,28,29,31)/p+1. The van der Waals surface area contributed by atoms with Crippen LogP contribution in [0.25, 0.3) is 11.3 Å². The van der Waals surface area contributed by atoms with E-state index in [1.807, 2.05) is 60.0 Å². The summed E-state index contributed by atoms with van der Waals surface area (Å²) < 4.78 is 8.67. The largest absolute Gasteiger partial charge is 0.497 e. The molecule has 0 aliphatic heterocycles. The molecule has 0 fully saturated rings. The Morgan fingerprint density at radius 2 is 1.71 bits per heavy atom. The van der Waals surface area contributed by atoms with Crippen LogP contribution in [-0.2, 0) is 0 Å². The van der Waals surface area contributed by atoms with Crippen LogP contribution in [0, 0.1) is 6.92 Å². The van der Waals surface area contributed by atoms with Gasteiger partial charge in [-0.2, -0.15) is 8.97 Å². The van der Waals surface area contributed by atoms with Crippen LogP contribution in [-0.4, -0.2) is 23.5 Å². The van der Waals surface area contributed by atoms with Gasteiger partial charge in [-0.3, -0.25) is 9.59 Å². The molecule has 8 heteroatoms. The molecule has 0 aliphatic rings. The van der Waals surface area contributed by atoms with E-state index in [4.69, 9.17) is 10.5 Å². The molecular formula is C23H21N4O3S+. The number of aryl methyl sites for hydroxylation is 1. The minimum absolute atomic E-state index is 0.276. The molecule has 0 saturated carbocycles. The van der Waals surface area contributed by atoms with Crippen molar-refractivity contribution in [1.82, 2.24) is 4.57 Å². The van der Waals surface area contributed by atoms with E-state index < -0.39 is 5.91 Å². The molecule has 0 unspecified atom stereocenters. The van der Waals surface area contributed by atoms with Crippen LogP contribution in [0.5, 0.6) is 5.75 Å². The van der Waals surface area contributed by atoms with Crippen molar-refractivity contribution in [2.45, 2.75) is 11.9 Å². The van der Waals surface area contributed by atoms with Crippen LogP contribution in [0.2, 0.25) is 0 Å². The molecule has 2 aromatic heterocycles. The molecule has 2 heterocycles. The van der Waals surface area contributed by atoms with Crippen molar-refractivity contribution in [2.75, 3.05) is 12.4 Å². The maximum Gasteiger partial charge on any atom is 0.301 e. The summed E-state index contributed by atoms with van der Waals surface area (Å²) in [6.45, 7) is 1.97. The number of primary amides is 1. The summed E-state index contributed by atoms with van der Waals surface area (Å²) in [4.78, 5) is 25.0. The average molecular weight is 434 g/mol. The van der Waals surface area contributed by atoms with Crippen LogP contribution in [0.1, 0.15) is 26.4 Å². The Hall–Kier alpha value is -3.78. The number of aromatic nitrogens is 2. The first-order valence-corrected chi connectivity index (χ1v) is 9.95. The van der Waals surface area contributed by atoms with Gasteiger partial charge in [0.15, 0.2) is 0 Å². The zero-order valence-electron chi connectivity index (χ0n) is 17.0. The van der Waals surface area contributed by atoms with Gasteiger partial charge in [-0.05, 0) is 49.4 Å². The van der Waals surface area contributed by atoms with Gasteiger partial charge < -0.3 is 15.8 Å². The first kappa shape index (κ1) is 20.5. The third kappa shape index (κ3) is 3.85. The highest BCUT2D eigenvalue weighted by Gasteiger charge is 2.30. The fourth-order valence-corrected chi connectivity index (χ4v) is 3.77. The van der Waals surface area contributed by atoms with Crippen LogP contribution >= 0.6 is 12.6 Å². The van der Waals surface area contributed by atoms with Gasteiger partial charge in [-0.15, -0.1) is 0 Å². The third-order valence-corrected chi connectivity index (χ3v) is 5.37. The number of carbonyl (C=O) groups is 2. The zero-order valence-corrected chi connectivity index (χ0v) is 17.9. The third-order valence-electron chi connectivity index (χ3n) is 4.96. The molecule has 156 valence electrons. The summed E-state index contributed by atoms with van der Waals surface area (Å²) in [5.41, 5.74) is 9.19. The lowest BCUT2D eigenvalue weighted by atomic mass is 10.2. The van der Waals surface area contributed by atoms with E-state index in [0.717, 1.165) is 11.3 Å². The van der Waals surface area contributed by atoms with E-state index in [1.165, 1.54) is 0 Å². The molecule has 2 amide bonds. The fourth-order valence-electron chi connectivity index (χ4n) is 3.35.